The van der Waals surface area contributed by atoms with Gasteiger partial charge in [0.25, 0.3) is 0 Å². The van der Waals surface area contributed by atoms with Gasteiger partial charge in [0.2, 0.25) is 0 Å². The first-order chi connectivity index (χ1) is 8.24. The van der Waals surface area contributed by atoms with Crippen molar-refractivity contribution in [3.63, 3.8) is 0 Å². The van der Waals surface area contributed by atoms with Crippen molar-refractivity contribution in [2.24, 2.45) is 0 Å². The van der Waals surface area contributed by atoms with Gasteiger partial charge in [0, 0.05) is 18.1 Å². The lowest BCUT2D eigenvalue weighted by atomic mass is 10.1. The van der Waals surface area contributed by atoms with E-state index in [9.17, 15) is 4.79 Å². The third kappa shape index (κ3) is 2.19. The van der Waals surface area contributed by atoms with E-state index in [1.807, 2.05) is 6.07 Å². The fraction of sp³-hybridized carbons (Fsp3) is 0.167. The summed E-state index contributed by atoms with van der Waals surface area (Å²) in [4.78, 5) is 15.2. The number of aliphatic hydroxyl groups excluding tert-OH is 1. The topological polar surface area (TPSA) is 82.5 Å². The molecule has 1 aromatic carbocycles. The highest BCUT2D eigenvalue weighted by molar-refractivity contribution is 6.08. The number of aliphatic hydroxyl groups is 1. The average molecular weight is 232 g/mol. The van der Waals surface area contributed by atoms with E-state index in [0.29, 0.717) is 17.7 Å². The number of carbonyl (C=O) groups is 1. The summed E-state index contributed by atoms with van der Waals surface area (Å²) in [6.07, 6.45) is 1.60. The molecule has 0 fully saturated rings. The molecule has 3 N–H and O–H groups in total. The molecule has 0 saturated carbocycles. The highest BCUT2D eigenvalue weighted by atomic mass is 16.4. The van der Waals surface area contributed by atoms with Crippen LogP contribution in [0, 0.1) is 0 Å². The number of pyridine rings is 1. The summed E-state index contributed by atoms with van der Waals surface area (Å²) in [6, 6.07) is 6.82. The Morgan fingerprint density at radius 3 is 2.88 bits per heavy atom. The van der Waals surface area contributed by atoms with Crippen LogP contribution >= 0.6 is 0 Å². The lowest BCUT2D eigenvalue weighted by Gasteiger charge is -2.09. The average Bonchev–Trinajstić information content (AvgIpc) is 2.35. The number of aromatic carboxylic acids is 1. The first-order valence-corrected chi connectivity index (χ1v) is 5.20. The molecule has 0 atom stereocenters. The van der Waals surface area contributed by atoms with Gasteiger partial charge in [-0.15, -0.1) is 0 Å². The Labute approximate surface area is 97.7 Å². The first kappa shape index (κ1) is 11.3. The summed E-state index contributed by atoms with van der Waals surface area (Å²) in [5.41, 5.74) is 0.205. The van der Waals surface area contributed by atoms with Crippen molar-refractivity contribution in [2.75, 3.05) is 18.5 Å². The fourth-order valence-electron chi connectivity index (χ4n) is 1.72. The summed E-state index contributed by atoms with van der Waals surface area (Å²) in [5, 5.41) is 22.2. The largest absolute Gasteiger partial charge is 0.478 e. The number of carboxylic acids is 1. The molecule has 0 saturated heterocycles. The number of aromatic nitrogens is 1. The molecular weight excluding hydrogens is 220 g/mol. The molecule has 17 heavy (non-hydrogen) atoms. The molecule has 0 aliphatic carbocycles. The molecule has 0 spiro atoms. The molecule has 2 rings (SSSR count). The molecular formula is C12H12N2O3. The van der Waals surface area contributed by atoms with E-state index >= 15 is 0 Å². The lowest BCUT2D eigenvalue weighted by molar-refractivity contribution is 0.0699. The number of nitrogens with zero attached hydrogens (tertiary/aromatic N) is 1. The van der Waals surface area contributed by atoms with Crippen LogP contribution in [0.2, 0.25) is 0 Å². The maximum Gasteiger partial charge on any atom is 0.336 e. The maximum atomic E-state index is 11.1. The smallest absolute Gasteiger partial charge is 0.336 e. The lowest BCUT2D eigenvalue weighted by Crippen LogP contribution is -2.09. The Hall–Kier alpha value is -2.14. The normalized spacial score (nSPS) is 10.4. The van der Waals surface area contributed by atoms with Crippen molar-refractivity contribution in [1.82, 2.24) is 4.98 Å². The van der Waals surface area contributed by atoms with Crippen molar-refractivity contribution >= 4 is 22.6 Å². The van der Waals surface area contributed by atoms with Crippen molar-refractivity contribution in [3.05, 3.63) is 36.0 Å². The van der Waals surface area contributed by atoms with E-state index in [1.54, 1.807) is 18.3 Å². The van der Waals surface area contributed by atoms with E-state index < -0.39 is 5.97 Å². The number of rotatable bonds is 4. The Balaban J connectivity index is 2.62. The van der Waals surface area contributed by atoms with Crippen LogP contribution in [-0.4, -0.2) is 34.3 Å². The zero-order chi connectivity index (χ0) is 12.3. The van der Waals surface area contributed by atoms with Crippen LogP contribution in [0.5, 0.6) is 0 Å². The molecule has 0 aliphatic heterocycles. The van der Waals surface area contributed by atoms with E-state index in [4.69, 9.17) is 10.2 Å². The summed E-state index contributed by atoms with van der Waals surface area (Å²) in [6.45, 7) is 0.299. The molecule has 2 aromatic rings. The molecule has 1 aromatic heterocycles. The Morgan fingerprint density at radius 2 is 2.18 bits per heavy atom. The Kier molecular flexibility index (Phi) is 3.20. The van der Waals surface area contributed by atoms with Gasteiger partial charge in [-0.2, -0.15) is 0 Å². The molecule has 5 heteroatoms. The first-order valence-electron chi connectivity index (χ1n) is 5.20. The van der Waals surface area contributed by atoms with Crippen LogP contribution in [0.3, 0.4) is 0 Å². The second kappa shape index (κ2) is 4.80. The third-order valence-corrected chi connectivity index (χ3v) is 2.43. The van der Waals surface area contributed by atoms with E-state index in [2.05, 4.69) is 10.3 Å². The minimum atomic E-state index is -0.990. The number of nitrogens with one attached hydrogen (secondary N) is 1. The molecule has 5 nitrogen and oxygen atoms in total. The van der Waals surface area contributed by atoms with Crippen LogP contribution in [0.25, 0.3) is 10.8 Å². The molecule has 0 aliphatic rings. The molecule has 0 unspecified atom stereocenters. The summed E-state index contributed by atoms with van der Waals surface area (Å²) < 4.78 is 0. The van der Waals surface area contributed by atoms with Gasteiger partial charge in [-0.25, -0.2) is 9.78 Å². The SMILES string of the molecule is O=C(O)c1cccc2ccnc(NCCO)c12. The second-order valence-corrected chi connectivity index (χ2v) is 3.52. The Morgan fingerprint density at radius 1 is 1.35 bits per heavy atom. The number of hydrogen-bond acceptors (Lipinski definition) is 4. The van der Waals surface area contributed by atoms with Crippen LogP contribution in [0.1, 0.15) is 10.4 Å². The number of benzene rings is 1. The van der Waals surface area contributed by atoms with Crippen LogP contribution < -0.4 is 5.32 Å². The van der Waals surface area contributed by atoms with Gasteiger partial charge in [0.1, 0.15) is 5.82 Å². The van der Waals surface area contributed by atoms with E-state index in [0.717, 1.165) is 5.39 Å². The minimum Gasteiger partial charge on any atom is -0.478 e. The van der Waals surface area contributed by atoms with Crippen LogP contribution in [-0.2, 0) is 0 Å². The van der Waals surface area contributed by atoms with Gasteiger partial charge in [0.15, 0.2) is 0 Å². The predicted molar refractivity (Wildman–Crippen MR) is 64.3 cm³/mol. The zero-order valence-corrected chi connectivity index (χ0v) is 9.05. The number of carboxylic acid groups (broad SMARTS) is 1. The van der Waals surface area contributed by atoms with Gasteiger partial charge >= 0.3 is 5.97 Å². The van der Waals surface area contributed by atoms with Crippen molar-refractivity contribution in [3.8, 4) is 0 Å². The van der Waals surface area contributed by atoms with Gasteiger partial charge in [-0.05, 0) is 17.5 Å². The van der Waals surface area contributed by atoms with E-state index in [1.165, 1.54) is 6.07 Å². The Bertz CT molecular complexity index is 549. The molecule has 88 valence electrons. The number of hydrogen-bond donors (Lipinski definition) is 3. The highest BCUT2D eigenvalue weighted by Crippen LogP contribution is 2.24. The van der Waals surface area contributed by atoms with Gasteiger partial charge in [0.05, 0.1) is 12.2 Å². The molecule has 0 radical (unpaired) electrons. The van der Waals surface area contributed by atoms with Gasteiger partial charge in [-0.1, -0.05) is 12.1 Å². The van der Waals surface area contributed by atoms with Crippen LogP contribution in [0.15, 0.2) is 30.5 Å². The number of anilines is 1. The second-order valence-electron chi connectivity index (χ2n) is 3.52. The van der Waals surface area contributed by atoms with Crippen LogP contribution in [0.4, 0.5) is 5.82 Å². The van der Waals surface area contributed by atoms with Crippen molar-refractivity contribution in [2.45, 2.75) is 0 Å². The minimum absolute atomic E-state index is 0.0344. The third-order valence-electron chi connectivity index (χ3n) is 2.43. The van der Waals surface area contributed by atoms with E-state index in [-0.39, 0.29) is 12.2 Å². The molecule has 1 heterocycles. The number of fused-ring (bicyclic) bond motifs is 1. The summed E-state index contributed by atoms with van der Waals surface area (Å²) >= 11 is 0. The van der Waals surface area contributed by atoms with Crippen molar-refractivity contribution < 1.29 is 15.0 Å². The fourth-order valence-corrected chi connectivity index (χ4v) is 1.72. The summed E-state index contributed by atoms with van der Waals surface area (Å²) in [7, 11) is 0. The van der Waals surface area contributed by atoms with Crippen molar-refractivity contribution in [1.29, 1.82) is 0 Å². The monoisotopic (exact) mass is 232 g/mol. The molecule has 0 bridgehead atoms. The van der Waals surface area contributed by atoms with Gasteiger partial charge in [-0.3, -0.25) is 0 Å². The molecule has 0 amide bonds. The zero-order valence-electron chi connectivity index (χ0n) is 9.05. The standard InChI is InChI=1S/C12H12N2O3/c15-7-6-14-11-10-8(4-5-13-11)2-1-3-9(10)12(16)17/h1-5,15H,6-7H2,(H,13,14)(H,16,17). The summed E-state index contributed by atoms with van der Waals surface area (Å²) in [5.74, 6) is -0.509. The maximum absolute atomic E-state index is 11.1. The quantitative estimate of drug-likeness (QED) is 0.741. The highest BCUT2D eigenvalue weighted by Gasteiger charge is 2.12. The van der Waals surface area contributed by atoms with Gasteiger partial charge < -0.3 is 15.5 Å². The predicted octanol–water partition coefficient (Wildman–Crippen LogP) is 1.34.